The Morgan fingerprint density at radius 3 is 2.62 bits per heavy atom. The van der Waals surface area contributed by atoms with Crippen molar-refractivity contribution in [1.82, 2.24) is 0 Å². The molecule has 2 aliphatic rings. The second kappa shape index (κ2) is 4.82. The molecule has 2 nitrogen and oxygen atoms in total. The molecule has 0 radical (unpaired) electrons. The highest BCUT2D eigenvalue weighted by atomic mass is 19.1. The number of carbonyl (C=O) groups excluding carboxylic acids is 1. The van der Waals surface area contributed by atoms with Crippen LogP contribution in [-0.4, -0.2) is 12.1 Å². The number of fused-ring (bicyclic) bond motifs is 2. The van der Waals surface area contributed by atoms with E-state index < -0.39 is 0 Å². The topological polar surface area (TPSA) is 26.3 Å². The number of hydrogen-bond acceptors (Lipinski definition) is 2. The third-order valence-corrected chi connectivity index (χ3v) is 6.28. The van der Waals surface area contributed by atoms with Gasteiger partial charge >= 0.3 is 5.97 Å². The van der Waals surface area contributed by atoms with E-state index in [2.05, 4.69) is 20.8 Å². The Balaban J connectivity index is 1.68. The summed E-state index contributed by atoms with van der Waals surface area (Å²) in [5.41, 5.74) is 0.688. The largest absolute Gasteiger partial charge is 0.462 e. The van der Waals surface area contributed by atoms with Gasteiger partial charge in [-0.05, 0) is 42.2 Å². The zero-order valence-corrected chi connectivity index (χ0v) is 13.0. The van der Waals surface area contributed by atoms with Crippen molar-refractivity contribution in [2.24, 2.45) is 16.7 Å². The SMILES string of the molecule is CC1(C)C2CCC1(C)C(OC(=O)Cc1ccccc1F)C2. The first kappa shape index (κ1) is 14.6. The minimum Gasteiger partial charge on any atom is -0.462 e. The number of hydrogen-bond donors (Lipinski definition) is 0. The van der Waals surface area contributed by atoms with Gasteiger partial charge in [-0.1, -0.05) is 39.0 Å². The highest BCUT2D eigenvalue weighted by Crippen LogP contribution is 2.66. The minimum atomic E-state index is -0.339. The van der Waals surface area contributed by atoms with Crippen molar-refractivity contribution in [3.63, 3.8) is 0 Å². The van der Waals surface area contributed by atoms with Crippen LogP contribution in [0.1, 0.15) is 45.6 Å². The fourth-order valence-electron chi connectivity index (χ4n) is 4.31. The quantitative estimate of drug-likeness (QED) is 0.783. The van der Waals surface area contributed by atoms with Gasteiger partial charge in [0, 0.05) is 5.41 Å². The van der Waals surface area contributed by atoms with E-state index in [1.165, 1.54) is 12.5 Å². The summed E-state index contributed by atoms with van der Waals surface area (Å²) in [6.07, 6.45) is 3.29. The summed E-state index contributed by atoms with van der Waals surface area (Å²) in [5.74, 6) is -0.0163. The zero-order chi connectivity index (χ0) is 15.3. The first-order valence-electron chi connectivity index (χ1n) is 7.77. The molecule has 2 saturated carbocycles. The predicted molar refractivity (Wildman–Crippen MR) is 79.2 cm³/mol. The molecule has 0 spiro atoms. The molecule has 0 amide bonds. The van der Waals surface area contributed by atoms with Gasteiger partial charge < -0.3 is 4.74 Å². The Bertz CT molecular complexity index is 566. The average molecular weight is 290 g/mol. The van der Waals surface area contributed by atoms with Gasteiger partial charge in [0.1, 0.15) is 11.9 Å². The highest BCUT2D eigenvalue weighted by molar-refractivity contribution is 5.73. The molecule has 3 heteroatoms. The molecule has 2 aliphatic carbocycles. The number of halogens is 1. The van der Waals surface area contributed by atoms with Crippen LogP contribution in [0.4, 0.5) is 4.39 Å². The molecule has 114 valence electrons. The van der Waals surface area contributed by atoms with E-state index >= 15 is 0 Å². The maximum absolute atomic E-state index is 13.6. The van der Waals surface area contributed by atoms with E-state index in [4.69, 9.17) is 4.74 Å². The summed E-state index contributed by atoms with van der Waals surface area (Å²) in [5, 5.41) is 0. The second-order valence-electron chi connectivity index (χ2n) is 7.36. The predicted octanol–water partition coefficient (Wildman–Crippen LogP) is 4.13. The van der Waals surface area contributed by atoms with E-state index in [1.54, 1.807) is 18.2 Å². The van der Waals surface area contributed by atoms with Crippen molar-refractivity contribution in [3.05, 3.63) is 35.6 Å². The lowest BCUT2D eigenvalue weighted by molar-refractivity contribution is -0.156. The van der Waals surface area contributed by atoms with Crippen LogP contribution in [0.5, 0.6) is 0 Å². The monoisotopic (exact) mass is 290 g/mol. The summed E-state index contributed by atoms with van der Waals surface area (Å²) >= 11 is 0. The van der Waals surface area contributed by atoms with Gasteiger partial charge in [-0.2, -0.15) is 0 Å². The molecule has 21 heavy (non-hydrogen) atoms. The van der Waals surface area contributed by atoms with Crippen molar-refractivity contribution < 1.29 is 13.9 Å². The fourth-order valence-corrected chi connectivity index (χ4v) is 4.31. The average Bonchev–Trinajstić information content (AvgIpc) is 2.74. The van der Waals surface area contributed by atoms with Crippen LogP contribution in [0.25, 0.3) is 0 Å². The molecular weight excluding hydrogens is 267 g/mol. The van der Waals surface area contributed by atoms with Gasteiger partial charge in [0.15, 0.2) is 0 Å². The zero-order valence-electron chi connectivity index (χ0n) is 13.0. The van der Waals surface area contributed by atoms with Crippen LogP contribution in [-0.2, 0) is 16.0 Å². The van der Waals surface area contributed by atoms with Crippen molar-refractivity contribution in [1.29, 1.82) is 0 Å². The van der Waals surface area contributed by atoms with Gasteiger partial charge in [0.05, 0.1) is 6.42 Å². The number of benzene rings is 1. The number of carbonyl (C=O) groups is 1. The van der Waals surface area contributed by atoms with Crippen LogP contribution in [0.15, 0.2) is 24.3 Å². The standard InChI is InChI=1S/C18H23FO2/c1-17(2)13-8-9-18(17,3)15(11-13)21-16(20)10-12-6-4-5-7-14(12)19/h4-7,13,15H,8-11H2,1-3H3. The van der Waals surface area contributed by atoms with E-state index in [0.717, 1.165) is 12.8 Å². The van der Waals surface area contributed by atoms with Crippen molar-refractivity contribution in [3.8, 4) is 0 Å². The Morgan fingerprint density at radius 2 is 2.05 bits per heavy atom. The molecular formula is C18H23FO2. The number of ether oxygens (including phenoxy) is 1. The van der Waals surface area contributed by atoms with Gasteiger partial charge in [-0.25, -0.2) is 4.39 Å². The molecule has 3 unspecified atom stereocenters. The van der Waals surface area contributed by atoms with Crippen molar-refractivity contribution in [2.75, 3.05) is 0 Å². The van der Waals surface area contributed by atoms with Gasteiger partial charge in [0.25, 0.3) is 0 Å². The Hall–Kier alpha value is -1.38. The molecule has 2 fully saturated rings. The number of esters is 1. The molecule has 0 aromatic heterocycles. The smallest absolute Gasteiger partial charge is 0.310 e. The lowest BCUT2D eigenvalue weighted by atomic mass is 9.70. The Kier molecular flexibility index (Phi) is 3.34. The van der Waals surface area contributed by atoms with E-state index in [-0.39, 0.29) is 35.1 Å². The van der Waals surface area contributed by atoms with E-state index in [1.807, 2.05) is 0 Å². The summed E-state index contributed by atoms with van der Waals surface area (Å²) < 4.78 is 19.3. The van der Waals surface area contributed by atoms with E-state index in [9.17, 15) is 9.18 Å². The maximum Gasteiger partial charge on any atom is 0.310 e. The Labute approximate surface area is 125 Å². The van der Waals surface area contributed by atoms with Gasteiger partial charge in [-0.3, -0.25) is 4.79 Å². The molecule has 1 aromatic rings. The second-order valence-corrected chi connectivity index (χ2v) is 7.36. The normalized spacial score (nSPS) is 33.1. The highest BCUT2D eigenvalue weighted by Gasteiger charge is 2.62. The molecule has 0 saturated heterocycles. The van der Waals surface area contributed by atoms with Crippen LogP contribution in [0.2, 0.25) is 0 Å². The summed E-state index contributed by atoms with van der Waals surface area (Å²) in [7, 11) is 0. The third-order valence-electron chi connectivity index (χ3n) is 6.28. The lowest BCUT2D eigenvalue weighted by Gasteiger charge is -2.38. The molecule has 3 rings (SSSR count). The van der Waals surface area contributed by atoms with Crippen LogP contribution in [0, 0.1) is 22.6 Å². The molecule has 0 aliphatic heterocycles. The first-order valence-corrected chi connectivity index (χ1v) is 7.77. The van der Waals surface area contributed by atoms with E-state index in [0.29, 0.717) is 11.5 Å². The van der Waals surface area contributed by atoms with Gasteiger partial charge in [-0.15, -0.1) is 0 Å². The van der Waals surface area contributed by atoms with Crippen LogP contribution < -0.4 is 0 Å². The maximum atomic E-state index is 13.6. The molecule has 1 aromatic carbocycles. The third kappa shape index (κ3) is 2.18. The molecule has 0 N–H and O–H groups in total. The summed E-state index contributed by atoms with van der Waals surface area (Å²) in [4.78, 5) is 12.2. The van der Waals surface area contributed by atoms with Crippen LogP contribution >= 0.6 is 0 Å². The summed E-state index contributed by atoms with van der Waals surface area (Å²) in [6, 6.07) is 6.39. The fraction of sp³-hybridized carbons (Fsp3) is 0.611. The first-order chi connectivity index (χ1) is 9.84. The molecule has 3 atom stereocenters. The molecule has 2 bridgehead atoms. The molecule has 0 heterocycles. The van der Waals surface area contributed by atoms with Crippen molar-refractivity contribution in [2.45, 2.75) is 52.6 Å². The lowest BCUT2D eigenvalue weighted by Crippen LogP contribution is -2.38. The summed E-state index contributed by atoms with van der Waals surface area (Å²) in [6.45, 7) is 6.81. The van der Waals surface area contributed by atoms with Crippen molar-refractivity contribution >= 4 is 5.97 Å². The minimum absolute atomic E-state index is 0.0182. The van der Waals surface area contributed by atoms with Gasteiger partial charge in [0.2, 0.25) is 0 Å². The number of rotatable bonds is 3. The van der Waals surface area contributed by atoms with Crippen LogP contribution in [0.3, 0.4) is 0 Å². The Morgan fingerprint density at radius 1 is 1.33 bits per heavy atom.